The molecule has 0 radical (unpaired) electrons. The maximum atomic E-state index is 6.11. The van der Waals surface area contributed by atoms with Crippen molar-refractivity contribution >= 4 is 23.2 Å². The van der Waals surface area contributed by atoms with E-state index in [4.69, 9.17) is 23.2 Å². The molecule has 114 valence electrons. The maximum absolute atomic E-state index is 6.11. The van der Waals surface area contributed by atoms with Gasteiger partial charge >= 0.3 is 0 Å². The Morgan fingerprint density at radius 3 is 2.71 bits per heavy atom. The molecule has 1 aromatic heterocycles. The minimum atomic E-state index is 0.175. The second kappa shape index (κ2) is 7.83. The van der Waals surface area contributed by atoms with Crippen molar-refractivity contribution in [1.82, 2.24) is 14.9 Å². The van der Waals surface area contributed by atoms with Gasteiger partial charge in [-0.15, -0.1) is 0 Å². The predicted molar refractivity (Wildman–Crippen MR) is 89.1 cm³/mol. The van der Waals surface area contributed by atoms with Crippen LogP contribution in [0, 0.1) is 0 Å². The number of nitrogens with one attached hydrogen (secondary N) is 1. The molecular weight excluding hydrogens is 305 g/mol. The summed E-state index contributed by atoms with van der Waals surface area (Å²) >= 11 is 12.1. The molecule has 1 atom stereocenters. The number of halogens is 2. The lowest BCUT2D eigenvalue weighted by molar-refractivity contribution is 0.488. The van der Waals surface area contributed by atoms with E-state index in [-0.39, 0.29) is 6.04 Å². The summed E-state index contributed by atoms with van der Waals surface area (Å²) < 4.78 is 2.21. The summed E-state index contributed by atoms with van der Waals surface area (Å²) in [5.41, 5.74) is 1.15. The van der Waals surface area contributed by atoms with Gasteiger partial charge in [-0.25, -0.2) is 4.98 Å². The third-order valence-electron chi connectivity index (χ3n) is 3.40. The first-order valence-corrected chi connectivity index (χ1v) is 8.09. The van der Waals surface area contributed by atoms with Gasteiger partial charge in [-0.3, -0.25) is 0 Å². The van der Waals surface area contributed by atoms with Crippen LogP contribution in [0.25, 0.3) is 0 Å². The predicted octanol–water partition coefficient (Wildman–Crippen LogP) is 4.49. The smallest absolute Gasteiger partial charge is 0.126 e. The zero-order chi connectivity index (χ0) is 15.2. The molecule has 0 fully saturated rings. The number of aryl methyl sites for hydroxylation is 1. The van der Waals surface area contributed by atoms with E-state index in [2.05, 4.69) is 28.7 Å². The van der Waals surface area contributed by atoms with Crippen molar-refractivity contribution < 1.29 is 0 Å². The van der Waals surface area contributed by atoms with Gasteiger partial charge in [0.05, 0.1) is 16.1 Å². The lowest BCUT2D eigenvalue weighted by atomic mass is 10.1. The lowest BCUT2D eigenvalue weighted by Crippen LogP contribution is -2.26. The third kappa shape index (κ3) is 4.22. The number of rotatable bonds is 7. The third-order valence-corrected chi connectivity index (χ3v) is 4.14. The zero-order valence-corrected chi connectivity index (χ0v) is 14.0. The summed E-state index contributed by atoms with van der Waals surface area (Å²) in [7, 11) is 0. The van der Waals surface area contributed by atoms with Gasteiger partial charge in [-0.1, -0.05) is 43.1 Å². The molecule has 0 saturated carbocycles. The summed E-state index contributed by atoms with van der Waals surface area (Å²) in [6.07, 6.45) is 5.84. The van der Waals surface area contributed by atoms with Gasteiger partial charge in [0.25, 0.3) is 0 Å². The molecule has 1 aromatic carbocycles. The number of likely N-dealkylation sites (N-methyl/N-ethyl adjacent to an activating group) is 1. The lowest BCUT2D eigenvalue weighted by Gasteiger charge is -2.19. The molecule has 1 N–H and O–H groups in total. The Morgan fingerprint density at radius 2 is 2.05 bits per heavy atom. The molecule has 0 saturated heterocycles. The molecular formula is C16H21Cl2N3. The topological polar surface area (TPSA) is 29.9 Å². The highest BCUT2D eigenvalue weighted by Gasteiger charge is 2.17. The first kappa shape index (κ1) is 16.3. The van der Waals surface area contributed by atoms with Crippen LogP contribution in [0.4, 0.5) is 0 Å². The Hall–Kier alpha value is -1.03. The Balaban J connectivity index is 2.22. The molecule has 3 nitrogen and oxygen atoms in total. The second-order valence-electron chi connectivity index (χ2n) is 5.04. The molecule has 0 spiro atoms. The van der Waals surface area contributed by atoms with E-state index >= 15 is 0 Å². The molecule has 1 heterocycles. The Kier molecular flexibility index (Phi) is 6.09. The Bertz CT molecular complexity index is 581. The van der Waals surface area contributed by atoms with Crippen LogP contribution < -0.4 is 5.32 Å². The molecule has 0 aliphatic rings. The van der Waals surface area contributed by atoms with E-state index < -0.39 is 0 Å². The number of benzene rings is 1. The summed E-state index contributed by atoms with van der Waals surface area (Å²) in [5.74, 6) is 1.07. The van der Waals surface area contributed by atoms with Gasteiger partial charge in [0.1, 0.15) is 5.82 Å². The first-order valence-electron chi connectivity index (χ1n) is 7.34. The number of hydrogen-bond acceptors (Lipinski definition) is 2. The van der Waals surface area contributed by atoms with Crippen LogP contribution in [-0.2, 0) is 13.0 Å². The monoisotopic (exact) mass is 325 g/mol. The quantitative estimate of drug-likeness (QED) is 0.812. The summed E-state index contributed by atoms with van der Waals surface area (Å²) in [4.78, 5) is 4.53. The standard InChI is InChI=1S/C16H21Cl2N3/c1-3-8-21-9-7-20-16(21)15(19-4-2)11-12-5-6-13(17)14(18)10-12/h5-7,9-10,15,19H,3-4,8,11H2,1-2H3. The van der Waals surface area contributed by atoms with Crippen molar-refractivity contribution in [1.29, 1.82) is 0 Å². The largest absolute Gasteiger partial charge is 0.334 e. The highest BCUT2D eigenvalue weighted by Crippen LogP contribution is 2.25. The Labute approximate surface area is 136 Å². The van der Waals surface area contributed by atoms with Gasteiger partial charge < -0.3 is 9.88 Å². The number of hydrogen-bond donors (Lipinski definition) is 1. The highest BCUT2D eigenvalue weighted by molar-refractivity contribution is 6.42. The van der Waals surface area contributed by atoms with Crippen LogP contribution in [0.3, 0.4) is 0 Å². The van der Waals surface area contributed by atoms with Crippen LogP contribution in [0.15, 0.2) is 30.6 Å². The van der Waals surface area contributed by atoms with Crippen molar-refractivity contribution in [2.75, 3.05) is 6.54 Å². The number of nitrogens with zero attached hydrogens (tertiary/aromatic N) is 2. The summed E-state index contributed by atoms with van der Waals surface area (Å²) in [6.45, 7) is 6.16. The Morgan fingerprint density at radius 1 is 1.24 bits per heavy atom. The molecule has 1 unspecified atom stereocenters. The molecule has 5 heteroatoms. The second-order valence-corrected chi connectivity index (χ2v) is 5.86. The molecule has 21 heavy (non-hydrogen) atoms. The normalized spacial score (nSPS) is 12.6. The molecule has 0 bridgehead atoms. The van der Waals surface area contributed by atoms with E-state index in [0.29, 0.717) is 10.0 Å². The number of imidazole rings is 1. The maximum Gasteiger partial charge on any atom is 0.126 e. The van der Waals surface area contributed by atoms with Gasteiger partial charge in [0.15, 0.2) is 0 Å². The highest BCUT2D eigenvalue weighted by atomic mass is 35.5. The number of aromatic nitrogens is 2. The zero-order valence-electron chi connectivity index (χ0n) is 12.4. The minimum absolute atomic E-state index is 0.175. The van der Waals surface area contributed by atoms with Crippen molar-refractivity contribution in [3.8, 4) is 0 Å². The minimum Gasteiger partial charge on any atom is -0.334 e. The van der Waals surface area contributed by atoms with Crippen LogP contribution >= 0.6 is 23.2 Å². The van der Waals surface area contributed by atoms with Crippen molar-refractivity contribution in [2.45, 2.75) is 39.3 Å². The molecule has 0 aliphatic carbocycles. The van der Waals surface area contributed by atoms with E-state index in [1.54, 1.807) is 0 Å². The van der Waals surface area contributed by atoms with Gasteiger partial charge in [0.2, 0.25) is 0 Å². The fraction of sp³-hybridized carbons (Fsp3) is 0.438. The first-order chi connectivity index (χ1) is 10.2. The van der Waals surface area contributed by atoms with Crippen LogP contribution in [0.1, 0.15) is 37.7 Å². The fourth-order valence-electron chi connectivity index (χ4n) is 2.46. The molecule has 2 rings (SSSR count). The average molecular weight is 326 g/mol. The van der Waals surface area contributed by atoms with E-state index in [1.807, 2.05) is 30.6 Å². The average Bonchev–Trinajstić information content (AvgIpc) is 2.91. The fourth-order valence-corrected chi connectivity index (χ4v) is 2.78. The van der Waals surface area contributed by atoms with Gasteiger partial charge in [-0.05, 0) is 37.1 Å². The van der Waals surface area contributed by atoms with E-state index in [0.717, 1.165) is 37.3 Å². The summed E-state index contributed by atoms with van der Waals surface area (Å²) in [5, 5.41) is 4.70. The van der Waals surface area contributed by atoms with Crippen LogP contribution in [0.2, 0.25) is 10.0 Å². The van der Waals surface area contributed by atoms with E-state index in [1.165, 1.54) is 0 Å². The van der Waals surface area contributed by atoms with Crippen LogP contribution in [-0.4, -0.2) is 16.1 Å². The molecule has 0 amide bonds. The van der Waals surface area contributed by atoms with Crippen LogP contribution in [0.5, 0.6) is 0 Å². The van der Waals surface area contributed by atoms with Gasteiger partial charge in [-0.2, -0.15) is 0 Å². The van der Waals surface area contributed by atoms with Crippen molar-refractivity contribution in [2.24, 2.45) is 0 Å². The molecule has 2 aromatic rings. The SMILES string of the molecule is CCCn1ccnc1C(Cc1ccc(Cl)c(Cl)c1)NCC. The van der Waals surface area contributed by atoms with Crippen molar-refractivity contribution in [3.63, 3.8) is 0 Å². The van der Waals surface area contributed by atoms with Crippen molar-refractivity contribution in [3.05, 3.63) is 52.0 Å². The summed E-state index contributed by atoms with van der Waals surface area (Å²) in [6, 6.07) is 5.97. The van der Waals surface area contributed by atoms with E-state index in [9.17, 15) is 0 Å². The molecule has 0 aliphatic heterocycles. The van der Waals surface area contributed by atoms with Gasteiger partial charge in [0, 0.05) is 18.9 Å².